The second-order valence-electron chi connectivity index (χ2n) is 6.95. The molecule has 0 aliphatic carbocycles. The average Bonchev–Trinajstić information content (AvgIpc) is 2.70. The number of benzene rings is 1. The molecule has 1 aromatic carbocycles. The Morgan fingerprint density at radius 3 is 2.26 bits per heavy atom. The third kappa shape index (κ3) is 5.00. The van der Waals surface area contributed by atoms with E-state index in [2.05, 4.69) is 46.0 Å². The quantitative estimate of drug-likeness (QED) is 0.545. The number of hydrogen-bond acceptors (Lipinski definition) is 5. The normalized spacial score (nSPS) is 14.3. The van der Waals surface area contributed by atoms with Crippen molar-refractivity contribution in [1.29, 1.82) is 0 Å². The molecular weight excluding hydrogens is 338 g/mol. The fourth-order valence-corrected chi connectivity index (χ4v) is 3.48. The average molecular weight is 367 g/mol. The van der Waals surface area contributed by atoms with Crippen molar-refractivity contribution in [2.24, 2.45) is 0 Å². The van der Waals surface area contributed by atoms with Crippen molar-refractivity contribution in [3.05, 3.63) is 48.3 Å². The van der Waals surface area contributed by atoms with Gasteiger partial charge in [0.1, 0.15) is 5.75 Å². The Kier molecular flexibility index (Phi) is 6.69. The molecule has 1 aliphatic heterocycles. The number of rotatable bonds is 7. The molecule has 3 rings (SSSR count). The molecule has 2 aromatic rings. The lowest BCUT2D eigenvalue weighted by atomic mass is 10.1. The number of aromatic nitrogens is 1. The standard InChI is InChI=1S/C22H29N3O2/c1-3-5-18-17-20(7-8-21(18)27-22(26)6-4-2)25-15-13-24(14-16-25)19-9-11-23-12-10-19/h7-12,17H,3-6,13-16H2,1-2H3. The van der Waals surface area contributed by atoms with Crippen LogP contribution in [0.4, 0.5) is 11.4 Å². The SMILES string of the molecule is CCCC(=O)Oc1ccc(N2CCN(c3ccncc3)CC2)cc1CCC. The number of esters is 1. The number of hydrogen-bond donors (Lipinski definition) is 0. The Hall–Kier alpha value is -2.56. The molecule has 0 N–H and O–H groups in total. The molecule has 0 atom stereocenters. The molecule has 0 spiro atoms. The van der Waals surface area contributed by atoms with E-state index in [1.165, 1.54) is 11.4 Å². The van der Waals surface area contributed by atoms with Crippen LogP contribution in [0.25, 0.3) is 0 Å². The van der Waals surface area contributed by atoms with Crippen LogP contribution in [0.3, 0.4) is 0 Å². The zero-order valence-corrected chi connectivity index (χ0v) is 16.4. The minimum absolute atomic E-state index is 0.145. The molecule has 0 amide bonds. The van der Waals surface area contributed by atoms with Gasteiger partial charge in [0.05, 0.1) is 0 Å². The van der Waals surface area contributed by atoms with E-state index >= 15 is 0 Å². The fourth-order valence-electron chi connectivity index (χ4n) is 3.48. The lowest BCUT2D eigenvalue weighted by Crippen LogP contribution is -2.46. The molecular formula is C22H29N3O2. The van der Waals surface area contributed by atoms with E-state index in [0.29, 0.717) is 6.42 Å². The van der Waals surface area contributed by atoms with Gasteiger partial charge in [0, 0.05) is 56.4 Å². The molecule has 1 saturated heterocycles. The highest BCUT2D eigenvalue weighted by molar-refractivity contribution is 5.73. The van der Waals surface area contributed by atoms with Crippen molar-refractivity contribution in [3.8, 4) is 5.75 Å². The monoisotopic (exact) mass is 367 g/mol. The van der Waals surface area contributed by atoms with E-state index in [0.717, 1.165) is 56.8 Å². The number of ether oxygens (including phenoxy) is 1. The van der Waals surface area contributed by atoms with Crippen LogP contribution in [-0.2, 0) is 11.2 Å². The summed E-state index contributed by atoms with van der Waals surface area (Å²) in [5.74, 6) is 0.572. The third-order valence-corrected chi connectivity index (χ3v) is 4.91. The first-order valence-corrected chi connectivity index (χ1v) is 9.94. The van der Waals surface area contributed by atoms with Gasteiger partial charge in [0.25, 0.3) is 0 Å². The van der Waals surface area contributed by atoms with Crippen LogP contribution >= 0.6 is 0 Å². The number of pyridine rings is 1. The second-order valence-corrected chi connectivity index (χ2v) is 6.95. The molecule has 1 aliphatic rings. The van der Waals surface area contributed by atoms with Crippen molar-refractivity contribution in [2.75, 3.05) is 36.0 Å². The Balaban J connectivity index is 1.68. The summed E-state index contributed by atoms with van der Waals surface area (Å²) in [6.45, 7) is 8.06. The molecule has 5 nitrogen and oxygen atoms in total. The molecule has 2 heterocycles. The highest BCUT2D eigenvalue weighted by Crippen LogP contribution is 2.28. The molecule has 144 valence electrons. The summed E-state index contributed by atoms with van der Waals surface area (Å²) in [6.07, 6.45) is 6.90. The number of aryl methyl sites for hydroxylation is 1. The van der Waals surface area contributed by atoms with Crippen LogP contribution in [0.1, 0.15) is 38.7 Å². The van der Waals surface area contributed by atoms with Gasteiger partial charge in [-0.2, -0.15) is 0 Å². The minimum atomic E-state index is -0.145. The maximum atomic E-state index is 11.9. The first-order valence-electron chi connectivity index (χ1n) is 9.94. The van der Waals surface area contributed by atoms with Crippen molar-refractivity contribution in [1.82, 2.24) is 4.98 Å². The van der Waals surface area contributed by atoms with Gasteiger partial charge in [-0.3, -0.25) is 9.78 Å². The van der Waals surface area contributed by atoms with E-state index in [1.54, 1.807) is 0 Å². The zero-order chi connectivity index (χ0) is 19.1. The van der Waals surface area contributed by atoms with E-state index in [-0.39, 0.29) is 5.97 Å². The third-order valence-electron chi connectivity index (χ3n) is 4.91. The number of carbonyl (C=O) groups is 1. The molecule has 1 aromatic heterocycles. The van der Waals surface area contributed by atoms with Gasteiger partial charge in [-0.15, -0.1) is 0 Å². The Labute approximate surface area is 162 Å². The largest absolute Gasteiger partial charge is 0.426 e. The second kappa shape index (κ2) is 9.40. The van der Waals surface area contributed by atoms with Gasteiger partial charge in [0.15, 0.2) is 0 Å². The van der Waals surface area contributed by atoms with Crippen molar-refractivity contribution < 1.29 is 9.53 Å². The van der Waals surface area contributed by atoms with Gasteiger partial charge in [-0.05, 0) is 48.7 Å². The van der Waals surface area contributed by atoms with E-state index in [9.17, 15) is 4.79 Å². The first kappa shape index (κ1) is 19.2. The summed E-state index contributed by atoms with van der Waals surface area (Å²) >= 11 is 0. The van der Waals surface area contributed by atoms with Crippen LogP contribution in [0.5, 0.6) is 5.75 Å². The predicted molar refractivity (Wildman–Crippen MR) is 110 cm³/mol. The Morgan fingerprint density at radius 2 is 1.63 bits per heavy atom. The molecule has 0 radical (unpaired) electrons. The Bertz CT molecular complexity index is 740. The van der Waals surface area contributed by atoms with Gasteiger partial charge >= 0.3 is 5.97 Å². The lowest BCUT2D eigenvalue weighted by Gasteiger charge is -2.37. The Morgan fingerprint density at radius 1 is 0.963 bits per heavy atom. The van der Waals surface area contributed by atoms with Crippen molar-refractivity contribution >= 4 is 17.3 Å². The van der Waals surface area contributed by atoms with Crippen molar-refractivity contribution in [2.45, 2.75) is 39.5 Å². The van der Waals surface area contributed by atoms with Gasteiger partial charge in [-0.25, -0.2) is 0 Å². The maximum absolute atomic E-state index is 11.9. The van der Waals surface area contributed by atoms with Crippen LogP contribution in [0, 0.1) is 0 Å². The van der Waals surface area contributed by atoms with Gasteiger partial charge in [-0.1, -0.05) is 20.3 Å². The topological polar surface area (TPSA) is 45.7 Å². The van der Waals surface area contributed by atoms with Crippen molar-refractivity contribution in [3.63, 3.8) is 0 Å². The molecule has 0 saturated carbocycles. The predicted octanol–water partition coefficient (Wildman–Crippen LogP) is 4.07. The molecule has 0 bridgehead atoms. The number of piperazine rings is 1. The molecule has 5 heteroatoms. The lowest BCUT2D eigenvalue weighted by molar-refractivity contribution is -0.134. The molecule has 0 unspecified atom stereocenters. The summed E-state index contributed by atoms with van der Waals surface area (Å²) in [5.41, 5.74) is 3.56. The van der Waals surface area contributed by atoms with Gasteiger partial charge in [0.2, 0.25) is 0 Å². The highest BCUT2D eigenvalue weighted by Gasteiger charge is 2.19. The van der Waals surface area contributed by atoms with Crippen LogP contribution < -0.4 is 14.5 Å². The minimum Gasteiger partial charge on any atom is -0.426 e. The van der Waals surface area contributed by atoms with Crippen LogP contribution in [0.15, 0.2) is 42.7 Å². The molecule has 1 fully saturated rings. The highest BCUT2D eigenvalue weighted by atomic mass is 16.5. The molecule has 27 heavy (non-hydrogen) atoms. The number of nitrogens with zero attached hydrogens (tertiary/aromatic N) is 3. The smallest absolute Gasteiger partial charge is 0.311 e. The summed E-state index contributed by atoms with van der Waals surface area (Å²) in [4.78, 5) is 20.8. The summed E-state index contributed by atoms with van der Waals surface area (Å²) in [5, 5.41) is 0. The summed E-state index contributed by atoms with van der Waals surface area (Å²) in [7, 11) is 0. The van der Waals surface area contributed by atoms with E-state index in [4.69, 9.17) is 4.74 Å². The number of anilines is 2. The fraction of sp³-hybridized carbons (Fsp3) is 0.455. The van der Waals surface area contributed by atoms with Crippen LogP contribution in [0.2, 0.25) is 0 Å². The first-order chi connectivity index (χ1) is 13.2. The summed E-state index contributed by atoms with van der Waals surface area (Å²) in [6, 6.07) is 10.4. The van der Waals surface area contributed by atoms with Gasteiger partial charge < -0.3 is 14.5 Å². The zero-order valence-electron chi connectivity index (χ0n) is 16.4. The van der Waals surface area contributed by atoms with Crippen LogP contribution in [-0.4, -0.2) is 37.1 Å². The maximum Gasteiger partial charge on any atom is 0.311 e. The summed E-state index contributed by atoms with van der Waals surface area (Å²) < 4.78 is 5.58. The number of carbonyl (C=O) groups excluding carboxylic acids is 1. The van der Waals surface area contributed by atoms with E-state index < -0.39 is 0 Å². The van der Waals surface area contributed by atoms with E-state index in [1.807, 2.05) is 25.4 Å².